The van der Waals surface area contributed by atoms with Gasteiger partial charge in [-0.1, -0.05) is 28.7 Å². The van der Waals surface area contributed by atoms with Crippen LogP contribution in [0, 0.1) is 17.0 Å². The van der Waals surface area contributed by atoms with E-state index in [2.05, 4.69) is 10.1 Å². The standard InChI is InChI=1S/C22H16N4O5S2/c1-13-3-9-17-18(11-13)33-22(24-17)25(23-12-16-8-10-19(32-16)26(29)30)20(27)14-4-6-15(7-5-14)21(28)31-2/h3-12H,1-2H3/b23-12+. The first kappa shape index (κ1) is 22.2. The highest BCUT2D eigenvalue weighted by Gasteiger charge is 2.22. The van der Waals surface area contributed by atoms with Gasteiger partial charge >= 0.3 is 11.0 Å². The summed E-state index contributed by atoms with van der Waals surface area (Å²) in [5.41, 5.74) is 2.38. The number of anilines is 1. The quantitative estimate of drug-likeness (QED) is 0.165. The maximum Gasteiger partial charge on any atom is 0.337 e. The number of nitrogens with zero attached hydrogens (tertiary/aromatic N) is 4. The molecule has 0 aliphatic rings. The minimum Gasteiger partial charge on any atom is -0.465 e. The number of rotatable bonds is 6. The van der Waals surface area contributed by atoms with Crippen LogP contribution < -0.4 is 5.01 Å². The van der Waals surface area contributed by atoms with E-state index in [0.29, 0.717) is 15.6 Å². The fourth-order valence-electron chi connectivity index (χ4n) is 2.91. The van der Waals surface area contributed by atoms with Crippen molar-refractivity contribution in [1.29, 1.82) is 0 Å². The highest BCUT2D eigenvalue weighted by Crippen LogP contribution is 2.31. The monoisotopic (exact) mass is 480 g/mol. The van der Waals surface area contributed by atoms with Gasteiger partial charge in [0.1, 0.15) is 0 Å². The van der Waals surface area contributed by atoms with Gasteiger partial charge < -0.3 is 4.74 Å². The zero-order chi connectivity index (χ0) is 23.5. The molecule has 0 fully saturated rings. The molecule has 11 heteroatoms. The third kappa shape index (κ3) is 4.78. The van der Waals surface area contributed by atoms with Gasteiger partial charge in [-0.05, 0) is 55.0 Å². The van der Waals surface area contributed by atoms with Crippen LogP contribution in [0.1, 0.15) is 31.2 Å². The molecule has 1 amide bonds. The lowest BCUT2D eigenvalue weighted by Crippen LogP contribution is -2.25. The summed E-state index contributed by atoms with van der Waals surface area (Å²) in [6, 6.07) is 14.7. The van der Waals surface area contributed by atoms with Crippen molar-refractivity contribution in [2.75, 3.05) is 12.1 Å². The zero-order valence-electron chi connectivity index (χ0n) is 17.4. The zero-order valence-corrected chi connectivity index (χ0v) is 19.1. The molecule has 0 aliphatic heterocycles. The second kappa shape index (κ2) is 9.27. The molecule has 0 N–H and O–H groups in total. The lowest BCUT2D eigenvalue weighted by atomic mass is 10.1. The first-order valence-corrected chi connectivity index (χ1v) is 11.2. The molecule has 33 heavy (non-hydrogen) atoms. The van der Waals surface area contributed by atoms with Crippen molar-refractivity contribution in [3.05, 3.63) is 86.3 Å². The van der Waals surface area contributed by atoms with Crippen LogP contribution in [0.4, 0.5) is 10.1 Å². The van der Waals surface area contributed by atoms with E-state index >= 15 is 0 Å². The van der Waals surface area contributed by atoms with Gasteiger partial charge in [0.15, 0.2) is 0 Å². The van der Waals surface area contributed by atoms with E-state index < -0.39 is 16.8 Å². The number of fused-ring (bicyclic) bond motifs is 1. The van der Waals surface area contributed by atoms with E-state index in [9.17, 15) is 19.7 Å². The number of carbonyl (C=O) groups excluding carboxylic acids is 2. The number of methoxy groups -OCH3 is 1. The third-order valence-corrected chi connectivity index (χ3v) is 6.52. The number of hydrogen-bond donors (Lipinski definition) is 0. The average molecular weight is 481 g/mol. The molecule has 0 unspecified atom stereocenters. The number of ether oxygens (including phenoxy) is 1. The molecular weight excluding hydrogens is 464 g/mol. The van der Waals surface area contributed by atoms with Gasteiger partial charge in [0, 0.05) is 11.6 Å². The summed E-state index contributed by atoms with van der Waals surface area (Å²) in [7, 11) is 1.28. The number of nitro groups is 1. The fourth-order valence-corrected chi connectivity index (χ4v) is 4.62. The second-order valence-electron chi connectivity index (χ2n) is 6.83. The maximum atomic E-state index is 13.3. The second-order valence-corrected chi connectivity index (χ2v) is 8.93. The molecule has 0 spiro atoms. The van der Waals surface area contributed by atoms with Crippen LogP contribution >= 0.6 is 22.7 Å². The largest absolute Gasteiger partial charge is 0.465 e. The molecule has 166 valence electrons. The molecule has 9 nitrogen and oxygen atoms in total. The van der Waals surface area contributed by atoms with Crippen molar-refractivity contribution in [3.8, 4) is 0 Å². The van der Waals surface area contributed by atoms with E-state index in [1.54, 1.807) is 6.07 Å². The van der Waals surface area contributed by atoms with Crippen molar-refractivity contribution in [2.45, 2.75) is 6.92 Å². The molecule has 0 bridgehead atoms. The summed E-state index contributed by atoms with van der Waals surface area (Å²) in [6.45, 7) is 1.96. The molecule has 2 aromatic heterocycles. The number of esters is 1. The highest BCUT2D eigenvalue weighted by atomic mass is 32.1. The minimum absolute atomic E-state index is 0.0248. The topological polar surface area (TPSA) is 115 Å². The number of aromatic nitrogens is 1. The Balaban J connectivity index is 1.72. The van der Waals surface area contributed by atoms with Crippen molar-refractivity contribution in [1.82, 2.24) is 4.98 Å². The van der Waals surface area contributed by atoms with Crippen molar-refractivity contribution < 1.29 is 19.2 Å². The molecule has 0 atom stereocenters. The van der Waals surface area contributed by atoms with Gasteiger partial charge in [-0.3, -0.25) is 14.9 Å². The Morgan fingerprint density at radius 3 is 2.48 bits per heavy atom. The van der Waals surface area contributed by atoms with Gasteiger partial charge in [-0.2, -0.15) is 10.1 Å². The average Bonchev–Trinajstić information content (AvgIpc) is 3.45. The molecule has 0 saturated heterocycles. The highest BCUT2D eigenvalue weighted by molar-refractivity contribution is 7.22. The minimum atomic E-state index is -0.510. The van der Waals surface area contributed by atoms with Crippen LogP contribution in [0.3, 0.4) is 0 Å². The summed E-state index contributed by atoms with van der Waals surface area (Å²) in [5, 5.41) is 16.7. The Bertz CT molecular complexity index is 1390. The molecule has 2 aromatic carbocycles. The Hall–Kier alpha value is -3.96. The Labute approximate surface area is 195 Å². The van der Waals surface area contributed by atoms with Crippen LogP contribution in [-0.4, -0.2) is 35.1 Å². The maximum absolute atomic E-state index is 13.3. The van der Waals surface area contributed by atoms with Crippen LogP contribution in [-0.2, 0) is 4.74 Å². The molecular formula is C22H16N4O5S2. The van der Waals surface area contributed by atoms with E-state index in [-0.39, 0.29) is 10.6 Å². The number of benzene rings is 2. The molecule has 0 aliphatic carbocycles. The molecule has 4 aromatic rings. The summed E-state index contributed by atoms with van der Waals surface area (Å²) in [4.78, 5) is 40.5. The molecule has 0 radical (unpaired) electrons. The van der Waals surface area contributed by atoms with Gasteiger partial charge in [-0.25, -0.2) is 9.78 Å². The number of thiazole rings is 1. The van der Waals surface area contributed by atoms with Crippen LogP contribution in [0.2, 0.25) is 0 Å². The number of aryl methyl sites for hydroxylation is 1. The lowest BCUT2D eigenvalue weighted by molar-refractivity contribution is -0.380. The number of amides is 1. The predicted octanol–water partition coefficient (Wildman–Crippen LogP) is 5.04. The first-order chi connectivity index (χ1) is 15.9. The number of hydrazone groups is 1. The Kier molecular flexibility index (Phi) is 6.24. The van der Waals surface area contributed by atoms with E-state index in [0.717, 1.165) is 32.1 Å². The van der Waals surface area contributed by atoms with Crippen molar-refractivity contribution in [3.63, 3.8) is 0 Å². The predicted molar refractivity (Wildman–Crippen MR) is 128 cm³/mol. The molecule has 0 saturated carbocycles. The summed E-state index contributed by atoms with van der Waals surface area (Å²) in [5.74, 6) is -0.978. The number of carbonyl (C=O) groups is 2. The normalized spacial score (nSPS) is 11.1. The number of hydrogen-bond acceptors (Lipinski definition) is 9. The van der Waals surface area contributed by atoms with Crippen molar-refractivity contribution in [2.24, 2.45) is 5.10 Å². The van der Waals surface area contributed by atoms with E-state index in [1.807, 2.05) is 25.1 Å². The van der Waals surface area contributed by atoms with Crippen LogP contribution in [0.5, 0.6) is 0 Å². The third-order valence-electron chi connectivity index (χ3n) is 4.55. The SMILES string of the molecule is COC(=O)c1ccc(C(=O)N(/N=C/c2ccc([N+](=O)[O-])s2)c2nc3ccc(C)cc3s2)cc1. The van der Waals surface area contributed by atoms with E-state index in [4.69, 9.17) is 4.74 Å². The lowest BCUT2D eigenvalue weighted by Gasteiger charge is -2.13. The summed E-state index contributed by atoms with van der Waals surface area (Å²) < 4.78 is 5.58. The van der Waals surface area contributed by atoms with Crippen LogP contribution in [0.15, 0.2) is 59.7 Å². The Morgan fingerprint density at radius 2 is 1.82 bits per heavy atom. The summed E-state index contributed by atoms with van der Waals surface area (Å²) >= 11 is 2.25. The van der Waals surface area contributed by atoms with Gasteiger partial charge in [-0.15, -0.1) is 0 Å². The van der Waals surface area contributed by atoms with Gasteiger partial charge in [0.05, 0.1) is 38.9 Å². The van der Waals surface area contributed by atoms with Gasteiger partial charge in [0.2, 0.25) is 5.13 Å². The molecule has 2 heterocycles. The van der Waals surface area contributed by atoms with Crippen molar-refractivity contribution >= 4 is 61.1 Å². The smallest absolute Gasteiger partial charge is 0.337 e. The first-order valence-electron chi connectivity index (χ1n) is 9.54. The number of thiophene rings is 1. The molecule has 4 rings (SSSR count). The van der Waals surface area contributed by atoms with Gasteiger partial charge in [0.25, 0.3) is 5.91 Å². The van der Waals surface area contributed by atoms with E-state index in [1.165, 1.54) is 55.0 Å². The fraction of sp³-hybridized carbons (Fsp3) is 0.0909. The Morgan fingerprint density at radius 1 is 1.09 bits per heavy atom. The van der Waals surface area contributed by atoms with Crippen LogP contribution in [0.25, 0.3) is 10.2 Å². The summed E-state index contributed by atoms with van der Waals surface area (Å²) in [6.07, 6.45) is 1.38.